The summed E-state index contributed by atoms with van der Waals surface area (Å²) in [5.41, 5.74) is 0.605. The predicted octanol–water partition coefficient (Wildman–Crippen LogP) is 4.29. The van der Waals surface area contributed by atoms with Crippen molar-refractivity contribution in [2.45, 2.75) is 64.3 Å². The van der Waals surface area contributed by atoms with Gasteiger partial charge in [-0.05, 0) is 50.8 Å². The average molecular weight is 328 g/mol. The van der Waals surface area contributed by atoms with Gasteiger partial charge < -0.3 is 9.64 Å². The third-order valence-corrected chi connectivity index (χ3v) is 4.69. The van der Waals surface area contributed by atoms with Crippen molar-refractivity contribution < 1.29 is 9.53 Å². The molecule has 0 heterocycles. The second-order valence-corrected chi connectivity index (χ2v) is 6.42. The van der Waals surface area contributed by atoms with Crippen LogP contribution in [-0.2, 0) is 4.79 Å². The maximum atomic E-state index is 12.4. The van der Waals surface area contributed by atoms with Crippen LogP contribution in [0.25, 0.3) is 0 Å². The Kier molecular flexibility index (Phi) is 7.61. The molecule has 0 unspecified atom stereocenters. The van der Waals surface area contributed by atoms with Crippen LogP contribution in [0, 0.1) is 11.3 Å². The Morgan fingerprint density at radius 1 is 1.29 bits per heavy atom. The van der Waals surface area contributed by atoms with E-state index in [1.807, 2.05) is 12.1 Å². The van der Waals surface area contributed by atoms with Gasteiger partial charge in [0.15, 0.2) is 0 Å². The number of unbranched alkanes of at least 4 members (excludes halogenated alkanes) is 1. The normalized spacial score (nSPS) is 14.8. The zero-order valence-electron chi connectivity index (χ0n) is 14.7. The topological polar surface area (TPSA) is 53.3 Å². The van der Waals surface area contributed by atoms with Crippen molar-refractivity contribution in [1.82, 2.24) is 4.90 Å². The van der Waals surface area contributed by atoms with E-state index in [1.165, 1.54) is 19.3 Å². The van der Waals surface area contributed by atoms with Gasteiger partial charge in [-0.3, -0.25) is 4.79 Å². The van der Waals surface area contributed by atoms with Crippen molar-refractivity contribution in [3.8, 4) is 11.8 Å². The third kappa shape index (κ3) is 5.56. The van der Waals surface area contributed by atoms with Crippen molar-refractivity contribution in [2.75, 3.05) is 13.2 Å². The van der Waals surface area contributed by atoms with E-state index in [0.717, 1.165) is 38.0 Å². The summed E-state index contributed by atoms with van der Waals surface area (Å²) in [5.74, 6) is 1.01. The van der Waals surface area contributed by atoms with Crippen molar-refractivity contribution >= 4 is 5.91 Å². The molecule has 2 rings (SSSR count). The molecular weight excluding hydrogens is 300 g/mol. The molecule has 4 nitrogen and oxygen atoms in total. The Balaban J connectivity index is 1.67. The van der Waals surface area contributed by atoms with Gasteiger partial charge in [-0.2, -0.15) is 5.26 Å². The van der Waals surface area contributed by atoms with Gasteiger partial charge in [-0.15, -0.1) is 0 Å². The number of carbonyl (C=O) groups is 1. The highest BCUT2D eigenvalue weighted by Gasteiger charge is 2.23. The summed E-state index contributed by atoms with van der Waals surface area (Å²) in [6.07, 6.45) is 8.45. The second kappa shape index (κ2) is 9.97. The van der Waals surface area contributed by atoms with E-state index in [2.05, 4.69) is 17.9 Å². The zero-order valence-corrected chi connectivity index (χ0v) is 14.7. The van der Waals surface area contributed by atoms with E-state index in [0.29, 0.717) is 24.6 Å². The molecule has 1 amide bonds. The molecule has 130 valence electrons. The second-order valence-electron chi connectivity index (χ2n) is 6.42. The van der Waals surface area contributed by atoms with E-state index in [4.69, 9.17) is 10.00 Å². The SMILES string of the molecule is CCN(C(=O)CCCCOc1cccc(C#N)c1)C1CCCCC1. The molecule has 4 heteroatoms. The zero-order chi connectivity index (χ0) is 17.2. The van der Waals surface area contributed by atoms with Crippen LogP contribution in [0.3, 0.4) is 0 Å². The molecule has 24 heavy (non-hydrogen) atoms. The lowest BCUT2D eigenvalue weighted by Gasteiger charge is -2.33. The highest BCUT2D eigenvalue weighted by atomic mass is 16.5. The molecule has 0 bridgehead atoms. The third-order valence-electron chi connectivity index (χ3n) is 4.69. The monoisotopic (exact) mass is 328 g/mol. The summed E-state index contributed by atoms with van der Waals surface area (Å²) in [4.78, 5) is 14.5. The lowest BCUT2D eigenvalue weighted by molar-refractivity contribution is -0.134. The van der Waals surface area contributed by atoms with Crippen LogP contribution >= 0.6 is 0 Å². The van der Waals surface area contributed by atoms with E-state index >= 15 is 0 Å². The number of hydrogen-bond donors (Lipinski definition) is 0. The molecule has 0 spiro atoms. The van der Waals surface area contributed by atoms with Crippen LogP contribution < -0.4 is 4.74 Å². The molecule has 1 aliphatic carbocycles. The number of ether oxygens (including phenoxy) is 1. The van der Waals surface area contributed by atoms with Crippen LogP contribution in [0.2, 0.25) is 0 Å². The first kappa shape index (κ1) is 18.3. The number of hydrogen-bond acceptors (Lipinski definition) is 3. The number of benzene rings is 1. The molecule has 0 saturated heterocycles. The number of rotatable bonds is 8. The average Bonchev–Trinajstić information content (AvgIpc) is 2.63. The molecule has 1 aliphatic rings. The van der Waals surface area contributed by atoms with Crippen molar-refractivity contribution in [2.24, 2.45) is 0 Å². The molecule has 0 radical (unpaired) electrons. The summed E-state index contributed by atoms with van der Waals surface area (Å²) < 4.78 is 5.66. The fraction of sp³-hybridized carbons (Fsp3) is 0.600. The quantitative estimate of drug-likeness (QED) is 0.669. The van der Waals surface area contributed by atoms with Gasteiger partial charge in [-0.1, -0.05) is 25.3 Å². The minimum Gasteiger partial charge on any atom is -0.494 e. The number of nitriles is 1. The van der Waals surface area contributed by atoms with Gasteiger partial charge >= 0.3 is 0 Å². The fourth-order valence-corrected chi connectivity index (χ4v) is 3.40. The minimum absolute atomic E-state index is 0.288. The number of carbonyl (C=O) groups excluding carboxylic acids is 1. The van der Waals surface area contributed by atoms with Crippen LogP contribution in [0.15, 0.2) is 24.3 Å². The Morgan fingerprint density at radius 2 is 2.08 bits per heavy atom. The van der Waals surface area contributed by atoms with Gasteiger partial charge in [0.25, 0.3) is 0 Å². The smallest absolute Gasteiger partial charge is 0.222 e. The standard InChI is InChI=1S/C20H28N2O2/c1-2-22(18-10-4-3-5-11-18)20(23)13-6-7-14-24-19-12-8-9-17(15-19)16-21/h8-9,12,15,18H,2-7,10-11,13-14H2,1H3. The minimum atomic E-state index is 0.288. The largest absolute Gasteiger partial charge is 0.494 e. The molecule has 1 fully saturated rings. The van der Waals surface area contributed by atoms with Crippen LogP contribution in [-0.4, -0.2) is 30.0 Å². The maximum Gasteiger partial charge on any atom is 0.222 e. The summed E-state index contributed by atoms with van der Waals surface area (Å²) in [6, 6.07) is 9.74. The molecular formula is C20H28N2O2. The predicted molar refractivity (Wildman–Crippen MR) is 94.8 cm³/mol. The van der Waals surface area contributed by atoms with Gasteiger partial charge in [-0.25, -0.2) is 0 Å². The summed E-state index contributed by atoms with van der Waals surface area (Å²) >= 11 is 0. The van der Waals surface area contributed by atoms with Gasteiger partial charge in [0, 0.05) is 19.0 Å². The van der Waals surface area contributed by atoms with Crippen molar-refractivity contribution in [3.63, 3.8) is 0 Å². The van der Waals surface area contributed by atoms with Gasteiger partial charge in [0.2, 0.25) is 5.91 Å². The van der Waals surface area contributed by atoms with Crippen LogP contribution in [0.4, 0.5) is 0 Å². The first-order valence-electron chi connectivity index (χ1n) is 9.17. The first-order chi connectivity index (χ1) is 11.7. The molecule has 0 atom stereocenters. The van der Waals surface area contributed by atoms with E-state index < -0.39 is 0 Å². The highest BCUT2D eigenvalue weighted by molar-refractivity contribution is 5.76. The van der Waals surface area contributed by atoms with E-state index in [9.17, 15) is 4.79 Å². The lowest BCUT2D eigenvalue weighted by Crippen LogP contribution is -2.41. The number of amides is 1. The summed E-state index contributed by atoms with van der Waals surface area (Å²) in [6.45, 7) is 3.48. The Morgan fingerprint density at radius 3 is 2.79 bits per heavy atom. The van der Waals surface area contributed by atoms with Gasteiger partial charge in [0.05, 0.1) is 18.2 Å². The maximum absolute atomic E-state index is 12.4. The molecule has 1 aromatic rings. The Bertz CT molecular complexity index is 559. The molecule has 1 saturated carbocycles. The van der Waals surface area contributed by atoms with E-state index in [-0.39, 0.29) is 5.91 Å². The fourth-order valence-electron chi connectivity index (χ4n) is 3.40. The summed E-state index contributed by atoms with van der Waals surface area (Å²) in [7, 11) is 0. The van der Waals surface area contributed by atoms with Gasteiger partial charge in [0.1, 0.15) is 5.75 Å². The summed E-state index contributed by atoms with van der Waals surface area (Å²) in [5, 5.41) is 8.87. The van der Waals surface area contributed by atoms with Crippen LogP contribution in [0.5, 0.6) is 5.75 Å². The Labute approximate surface area is 145 Å². The van der Waals surface area contributed by atoms with Crippen molar-refractivity contribution in [3.05, 3.63) is 29.8 Å². The molecule has 0 aliphatic heterocycles. The van der Waals surface area contributed by atoms with Crippen LogP contribution in [0.1, 0.15) is 63.9 Å². The molecule has 0 N–H and O–H groups in total. The van der Waals surface area contributed by atoms with Crippen molar-refractivity contribution in [1.29, 1.82) is 5.26 Å². The molecule has 1 aromatic carbocycles. The highest BCUT2D eigenvalue weighted by Crippen LogP contribution is 2.23. The molecule has 0 aromatic heterocycles. The van der Waals surface area contributed by atoms with E-state index in [1.54, 1.807) is 12.1 Å². The first-order valence-corrected chi connectivity index (χ1v) is 9.17. The lowest BCUT2D eigenvalue weighted by atomic mass is 9.94. The number of nitrogens with zero attached hydrogens (tertiary/aromatic N) is 2. The Hall–Kier alpha value is -2.02.